The van der Waals surface area contributed by atoms with Crippen LogP contribution in [0, 0.1) is 11.6 Å². The highest BCUT2D eigenvalue weighted by Crippen LogP contribution is 2.37. The molecule has 0 spiro atoms. The number of ether oxygens (including phenoxy) is 1. The van der Waals surface area contributed by atoms with Crippen molar-refractivity contribution in [1.82, 2.24) is 9.78 Å². The molecule has 0 atom stereocenters. The van der Waals surface area contributed by atoms with Crippen LogP contribution in [-0.2, 0) is 11.3 Å². The summed E-state index contributed by atoms with van der Waals surface area (Å²) in [5.41, 5.74) is 3.61. The Morgan fingerprint density at radius 2 is 1.58 bits per heavy atom. The van der Waals surface area contributed by atoms with Gasteiger partial charge in [0.2, 0.25) is 0 Å². The van der Waals surface area contributed by atoms with Gasteiger partial charge in [-0.1, -0.05) is 23.7 Å². The first-order valence-electron chi connectivity index (χ1n) is 9.41. The summed E-state index contributed by atoms with van der Waals surface area (Å²) < 4.78 is 33.3. The van der Waals surface area contributed by atoms with Crippen LogP contribution in [0.1, 0.15) is 15.9 Å². The molecule has 1 heterocycles. The third-order valence-corrected chi connectivity index (χ3v) is 5.17. The second kappa shape index (κ2) is 8.70. The Morgan fingerprint density at radius 1 is 0.968 bits per heavy atom. The first kappa shape index (κ1) is 20.8. The molecule has 0 aliphatic rings. The summed E-state index contributed by atoms with van der Waals surface area (Å²) in [6.45, 7) is 0.304. The van der Waals surface area contributed by atoms with E-state index in [2.05, 4.69) is 5.10 Å². The van der Waals surface area contributed by atoms with Gasteiger partial charge in [0.15, 0.2) is 0 Å². The molecule has 3 aromatic carbocycles. The molecular weight excluding hydrogens is 422 g/mol. The number of hydrogen-bond acceptors (Lipinski definition) is 3. The number of hydrogen-bond donors (Lipinski definition) is 0. The van der Waals surface area contributed by atoms with Crippen molar-refractivity contribution in [2.45, 2.75) is 6.54 Å². The zero-order valence-electron chi connectivity index (χ0n) is 16.5. The summed E-state index contributed by atoms with van der Waals surface area (Å²) in [4.78, 5) is 11.9. The molecule has 0 saturated heterocycles. The highest BCUT2D eigenvalue weighted by Gasteiger charge is 2.20. The maximum atomic E-state index is 13.5. The molecule has 0 amide bonds. The number of carbonyl (C=O) groups excluding carboxylic acids is 1. The fourth-order valence-electron chi connectivity index (χ4n) is 3.32. The lowest BCUT2D eigenvalue weighted by molar-refractivity contribution is 0.0600. The van der Waals surface area contributed by atoms with E-state index >= 15 is 0 Å². The van der Waals surface area contributed by atoms with Crippen LogP contribution in [-0.4, -0.2) is 22.9 Å². The zero-order chi connectivity index (χ0) is 22.0. The molecule has 0 fully saturated rings. The van der Waals surface area contributed by atoms with E-state index in [0.717, 1.165) is 5.56 Å². The molecule has 0 saturated carbocycles. The topological polar surface area (TPSA) is 44.1 Å². The second-order valence-electron chi connectivity index (χ2n) is 6.87. The average Bonchev–Trinajstić information content (AvgIpc) is 3.10. The van der Waals surface area contributed by atoms with Crippen molar-refractivity contribution in [3.05, 3.63) is 101 Å². The van der Waals surface area contributed by atoms with E-state index in [9.17, 15) is 13.6 Å². The Hall–Kier alpha value is -3.51. The minimum Gasteiger partial charge on any atom is -0.465 e. The van der Waals surface area contributed by atoms with Gasteiger partial charge in [-0.05, 0) is 66.2 Å². The summed E-state index contributed by atoms with van der Waals surface area (Å²) in [5.74, 6) is -1.17. The molecule has 4 nitrogen and oxygen atoms in total. The molecule has 4 aromatic rings. The third kappa shape index (κ3) is 4.34. The number of esters is 1. The van der Waals surface area contributed by atoms with E-state index in [1.54, 1.807) is 47.1 Å². The Morgan fingerprint density at radius 3 is 2.19 bits per heavy atom. The van der Waals surface area contributed by atoms with Crippen LogP contribution in [0.5, 0.6) is 0 Å². The maximum Gasteiger partial charge on any atom is 0.337 e. The smallest absolute Gasteiger partial charge is 0.337 e. The fraction of sp³-hybridized carbons (Fsp3) is 0.0833. The molecule has 7 heteroatoms. The summed E-state index contributed by atoms with van der Waals surface area (Å²) in [5, 5.41) is 5.01. The third-order valence-electron chi connectivity index (χ3n) is 4.81. The predicted molar refractivity (Wildman–Crippen MR) is 115 cm³/mol. The molecule has 4 rings (SSSR count). The van der Waals surface area contributed by atoms with Crippen LogP contribution >= 0.6 is 11.6 Å². The van der Waals surface area contributed by atoms with E-state index in [4.69, 9.17) is 16.3 Å². The van der Waals surface area contributed by atoms with Crippen molar-refractivity contribution in [2.24, 2.45) is 0 Å². The summed E-state index contributed by atoms with van der Waals surface area (Å²) in [7, 11) is 1.32. The number of halogens is 3. The standard InChI is InChI=1S/C24H17ClF2N2O2/c1-31-24(30)18-4-2-3-15(13-18)14-29-23(17-7-11-20(27)12-8-17)21(25)22(28-29)16-5-9-19(26)10-6-16/h2-13H,14H2,1H3. The minimum atomic E-state index is -0.439. The SMILES string of the molecule is COC(=O)c1cccc(Cn2nc(-c3ccc(F)cc3)c(Cl)c2-c2ccc(F)cc2)c1. The van der Waals surface area contributed by atoms with E-state index in [1.807, 2.05) is 6.07 Å². The van der Waals surface area contributed by atoms with E-state index in [1.165, 1.54) is 31.4 Å². The molecule has 1 aromatic heterocycles. The lowest BCUT2D eigenvalue weighted by Gasteiger charge is -2.09. The molecule has 31 heavy (non-hydrogen) atoms. The van der Waals surface area contributed by atoms with E-state index < -0.39 is 5.97 Å². The molecule has 0 bridgehead atoms. The molecule has 0 radical (unpaired) electrons. The number of benzene rings is 3. The normalized spacial score (nSPS) is 10.8. The van der Waals surface area contributed by atoms with Gasteiger partial charge in [-0.25, -0.2) is 13.6 Å². The highest BCUT2D eigenvalue weighted by molar-refractivity contribution is 6.35. The molecule has 0 aliphatic carbocycles. The van der Waals surface area contributed by atoms with Gasteiger partial charge in [-0.15, -0.1) is 0 Å². The molecule has 0 aliphatic heterocycles. The Labute approximate surface area is 182 Å². The fourth-order valence-corrected chi connectivity index (χ4v) is 3.67. The number of rotatable bonds is 5. The Balaban J connectivity index is 1.82. The first-order valence-corrected chi connectivity index (χ1v) is 9.79. The van der Waals surface area contributed by atoms with Gasteiger partial charge in [0.05, 0.1) is 29.9 Å². The van der Waals surface area contributed by atoms with E-state index in [-0.39, 0.29) is 11.6 Å². The van der Waals surface area contributed by atoms with Crippen molar-refractivity contribution >= 4 is 17.6 Å². The average molecular weight is 439 g/mol. The van der Waals surface area contributed by atoms with Gasteiger partial charge in [-0.2, -0.15) is 5.10 Å². The van der Waals surface area contributed by atoms with Gasteiger partial charge in [-0.3, -0.25) is 4.68 Å². The lowest BCUT2D eigenvalue weighted by Crippen LogP contribution is -2.06. The lowest BCUT2D eigenvalue weighted by atomic mass is 10.1. The number of methoxy groups -OCH3 is 1. The largest absolute Gasteiger partial charge is 0.465 e. The van der Waals surface area contributed by atoms with Crippen LogP contribution in [0.4, 0.5) is 8.78 Å². The monoisotopic (exact) mass is 438 g/mol. The number of aromatic nitrogens is 2. The first-order chi connectivity index (χ1) is 15.0. The van der Waals surface area contributed by atoms with Crippen LogP contribution in [0.25, 0.3) is 22.5 Å². The van der Waals surface area contributed by atoms with Crippen molar-refractivity contribution in [3.8, 4) is 22.5 Å². The molecule has 0 unspecified atom stereocenters. The Kier molecular flexibility index (Phi) is 5.82. The van der Waals surface area contributed by atoms with Gasteiger partial charge in [0.1, 0.15) is 17.3 Å². The van der Waals surface area contributed by atoms with Crippen LogP contribution in [0.15, 0.2) is 72.8 Å². The van der Waals surface area contributed by atoms with Gasteiger partial charge >= 0.3 is 5.97 Å². The number of carbonyl (C=O) groups is 1. The zero-order valence-corrected chi connectivity index (χ0v) is 17.2. The van der Waals surface area contributed by atoms with Crippen molar-refractivity contribution in [1.29, 1.82) is 0 Å². The highest BCUT2D eigenvalue weighted by atomic mass is 35.5. The van der Waals surface area contributed by atoms with Crippen molar-refractivity contribution < 1.29 is 18.3 Å². The molecular formula is C24H17ClF2N2O2. The maximum absolute atomic E-state index is 13.5. The molecule has 0 N–H and O–H groups in total. The van der Waals surface area contributed by atoms with E-state index in [0.29, 0.717) is 39.6 Å². The summed E-state index contributed by atoms with van der Waals surface area (Å²) >= 11 is 6.70. The van der Waals surface area contributed by atoms with Crippen molar-refractivity contribution in [3.63, 3.8) is 0 Å². The van der Waals surface area contributed by atoms with Gasteiger partial charge in [0.25, 0.3) is 0 Å². The summed E-state index contributed by atoms with van der Waals surface area (Å²) in [6.07, 6.45) is 0. The van der Waals surface area contributed by atoms with Crippen molar-refractivity contribution in [2.75, 3.05) is 7.11 Å². The molecule has 156 valence electrons. The van der Waals surface area contributed by atoms with Gasteiger partial charge < -0.3 is 4.74 Å². The quantitative estimate of drug-likeness (QED) is 0.360. The Bertz CT molecular complexity index is 1240. The predicted octanol–water partition coefficient (Wildman–Crippen LogP) is 5.98. The second-order valence-corrected chi connectivity index (χ2v) is 7.25. The number of nitrogens with zero attached hydrogens (tertiary/aromatic N) is 2. The van der Waals surface area contributed by atoms with Crippen LogP contribution < -0.4 is 0 Å². The van der Waals surface area contributed by atoms with Gasteiger partial charge in [0, 0.05) is 11.1 Å². The minimum absolute atomic E-state index is 0.304. The van der Waals surface area contributed by atoms with Crippen LogP contribution in [0.2, 0.25) is 5.02 Å². The van der Waals surface area contributed by atoms with Crippen LogP contribution in [0.3, 0.4) is 0 Å². The summed E-state index contributed by atoms with van der Waals surface area (Å²) in [6, 6.07) is 18.8.